The predicted octanol–water partition coefficient (Wildman–Crippen LogP) is 4.52. The Kier molecular flexibility index (Phi) is 4.88. The molecule has 3 rings (SSSR count). The van der Waals surface area contributed by atoms with Crippen molar-refractivity contribution in [2.45, 2.75) is 18.7 Å². The second-order valence-electron chi connectivity index (χ2n) is 6.24. The summed E-state index contributed by atoms with van der Waals surface area (Å²) >= 11 is 0. The van der Waals surface area contributed by atoms with E-state index in [4.69, 9.17) is 0 Å². The lowest BCUT2D eigenvalue weighted by Crippen LogP contribution is -2.00. The van der Waals surface area contributed by atoms with Gasteiger partial charge in [-0.05, 0) is 37.6 Å². The van der Waals surface area contributed by atoms with Gasteiger partial charge in [0, 0.05) is 10.8 Å². The van der Waals surface area contributed by atoms with Crippen molar-refractivity contribution in [1.82, 2.24) is 0 Å². The van der Waals surface area contributed by atoms with Gasteiger partial charge >= 0.3 is 5.97 Å². The fraction of sp³-hybridized carbons (Fsp3) is 0.105. The first kappa shape index (κ1) is 19.5. The summed E-state index contributed by atoms with van der Waals surface area (Å²) in [6.07, 6.45) is 0. The van der Waals surface area contributed by atoms with Crippen LogP contribution in [0.5, 0.6) is 5.75 Å². The van der Waals surface area contributed by atoms with Crippen LogP contribution in [0.1, 0.15) is 21.5 Å². The zero-order chi connectivity index (χ0) is 20.6. The van der Waals surface area contributed by atoms with Crippen molar-refractivity contribution in [1.29, 1.82) is 0 Å². The Morgan fingerprint density at radius 1 is 1.00 bits per heavy atom. The summed E-state index contributed by atoms with van der Waals surface area (Å²) in [5.41, 5.74) is 1.02. The first-order valence-corrected chi connectivity index (χ1v) is 9.52. The Labute approximate surface area is 160 Å². The van der Waals surface area contributed by atoms with Crippen LogP contribution in [0.15, 0.2) is 57.6 Å². The quantitative estimate of drug-likeness (QED) is 0.435. The van der Waals surface area contributed by atoms with Gasteiger partial charge in [-0.15, -0.1) is 10.2 Å². The highest BCUT2D eigenvalue weighted by Crippen LogP contribution is 2.41. The van der Waals surface area contributed by atoms with E-state index in [1.807, 2.05) is 0 Å². The monoisotopic (exact) mass is 400 g/mol. The Hall–Kier alpha value is -3.30. The summed E-state index contributed by atoms with van der Waals surface area (Å²) in [7, 11) is -4.60. The highest BCUT2D eigenvalue weighted by Gasteiger charge is 2.20. The Balaban J connectivity index is 2.25. The van der Waals surface area contributed by atoms with E-state index < -0.39 is 21.0 Å². The normalized spacial score (nSPS) is 12.0. The third-order valence-electron chi connectivity index (χ3n) is 4.21. The van der Waals surface area contributed by atoms with Crippen LogP contribution in [0.25, 0.3) is 10.8 Å². The summed E-state index contributed by atoms with van der Waals surface area (Å²) < 4.78 is 33.2. The van der Waals surface area contributed by atoms with Crippen LogP contribution < -0.4 is 0 Å². The van der Waals surface area contributed by atoms with Gasteiger partial charge in [0.05, 0.1) is 5.56 Å². The lowest BCUT2D eigenvalue weighted by atomic mass is 10.0. The van der Waals surface area contributed by atoms with Gasteiger partial charge < -0.3 is 10.2 Å². The summed E-state index contributed by atoms with van der Waals surface area (Å²) in [6, 6.07) is 10.2. The van der Waals surface area contributed by atoms with E-state index in [0.29, 0.717) is 11.1 Å². The number of hydrogen-bond acceptors (Lipinski definition) is 6. The number of fused-ring (bicyclic) bond motifs is 1. The van der Waals surface area contributed by atoms with Gasteiger partial charge in [-0.2, -0.15) is 8.42 Å². The van der Waals surface area contributed by atoms with Gasteiger partial charge in [0.15, 0.2) is 5.75 Å². The molecule has 0 heterocycles. The van der Waals surface area contributed by atoms with Crippen molar-refractivity contribution in [2.75, 3.05) is 0 Å². The fourth-order valence-corrected chi connectivity index (χ4v) is 3.60. The summed E-state index contributed by atoms with van der Waals surface area (Å²) in [5, 5.41) is 27.9. The number of carbonyl (C=O) groups is 1. The van der Waals surface area contributed by atoms with Gasteiger partial charge in [0.25, 0.3) is 10.1 Å². The van der Waals surface area contributed by atoms with E-state index in [9.17, 15) is 28.0 Å². The number of phenols is 1. The number of benzene rings is 3. The molecular formula is C19H16N2O6S. The van der Waals surface area contributed by atoms with Crippen LogP contribution in [-0.2, 0) is 10.1 Å². The van der Waals surface area contributed by atoms with Crippen molar-refractivity contribution >= 4 is 38.2 Å². The maximum atomic E-state index is 11.8. The Morgan fingerprint density at radius 3 is 2.32 bits per heavy atom. The van der Waals surface area contributed by atoms with Crippen molar-refractivity contribution in [3.63, 3.8) is 0 Å². The largest absolute Gasteiger partial charge is 0.505 e. The summed E-state index contributed by atoms with van der Waals surface area (Å²) in [6.45, 7) is 3.39. The SMILES string of the molecule is Cc1ccc(N=Nc2cc(S(=O)(=O)O)c3cccc(C)c3c2O)c(C(=O)O)c1. The number of azo groups is 1. The molecule has 3 N–H and O–H groups in total. The minimum absolute atomic E-state index is 0.0378. The molecular weight excluding hydrogens is 384 g/mol. The molecule has 0 radical (unpaired) electrons. The lowest BCUT2D eigenvalue weighted by Gasteiger charge is -2.10. The minimum atomic E-state index is -4.60. The number of aryl methyl sites for hydroxylation is 2. The fourth-order valence-electron chi connectivity index (χ4n) is 2.89. The summed E-state index contributed by atoms with van der Waals surface area (Å²) in [5.74, 6) is -1.52. The lowest BCUT2D eigenvalue weighted by molar-refractivity contribution is 0.0697. The van der Waals surface area contributed by atoms with Crippen LogP contribution in [0.4, 0.5) is 11.4 Å². The van der Waals surface area contributed by atoms with Gasteiger partial charge in [-0.3, -0.25) is 4.55 Å². The van der Waals surface area contributed by atoms with E-state index in [1.165, 1.54) is 18.2 Å². The number of rotatable bonds is 4. The van der Waals surface area contributed by atoms with E-state index in [2.05, 4.69) is 10.2 Å². The van der Waals surface area contributed by atoms with Crippen LogP contribution in [0, 0.1) is 13.8 Å². The van der Waals surface area contributed by atoms with Crippen LogP contribution in [0.2, 0.25) is 0 Å². The van der Waals surface area contributed by atoms with Gasteiger partial charge in [0.2, 0.25) is 0 Å². The zero-order valence-corrected chi connectivity index (χ0v) is 15.7. The molecule has 0 unspecified atom stereocenters. The second kappa shape index (κ2) is 7.02. The third kappa shape index (κ3) is 3.57. The second-order valence-corrected chi connectivity index (χ2v) is 7.63. The molecule has 0 aliphatic heterocycles. The first-order valence-electron chi connectivity index (χ1n) is 8.08. The third-order valence-corrected chi connectivity index (χ3v) is 5.10. The highest BCUT2D eigenvalue weighted by atomic mass is 32.2. The number of phenolic OH excluding ortho intramolecular Hbond substituents is 1. The average Bonchev–Trinajstić information content (AvgIpc) is 2.60. The first-order chi connectivity index (χ1) is 13.1. The van der Waals surface area contributed by atoms with Crippen molar-refractivity contribution < 1.29 is 28.0 Å². The molecule has 0 aliphatic carbocycles. The van der Waals surface area contributed by atoms with Crippen molar-refractivity contribution in [3.05, 3.63) is 59.2 Å². The highest BCUT2D eigenvalue weighted by molar-refractivity contribution is 7.86. The molecule has 0 bridgehead atoms. The van der Waals surface area contributed by atoms with Gasteiger partial charge in [-0.1, -0.05) is 29.8 Å². The van der Waals surface area contributed by atoms with E-state index in [1.54, 1.807) is 32.0 Å². The molecule has 3 aromatic rings. The van der Waals surface area contributed by atoms with Crippen molar-refractivity contribution in [3.8, 4) is 5.75 Å². The minimum Gasteiger partial charge on any atom is -0.505 e. The number of hydrogen-bond donors (Lipinski definition) is 3. The molecule has 8 nitrogen and oxygen atoms in total. The van der Waals surface area contributed by atoms with Gasteiger partial charge in [0.1, 0.15) is 16.3 Å². The molecule has 28 heavy (non-hydrogen) atoms. The number of aromatic hydroxyl groups is 1. The molecule has 0 aliphatic rings. The van der Waals surface area contributed by atoms with E-state index in [0.717, 1.165) is 6.07 Å². The molecule has 0 fully saturated rings. The molecule has 0 saturated heterocycles. The molecule has 0 saturated carbocycles. The predicted molar refractivity (Wildman–Crippen MR) is 102 cm³/mol. The Morgan fingerprint density at radius 2 is 1.68 bits per heavy atom. The van der Waals surface area contributed by atoms with Crippen LogP contribution >= 0.6 is 0 Å². The molecule has 9 heteroatoms. The topological polar surface area (TPSA) is 137 Å². The number of aromatic carboxylic acids is 1. The van der Waals surface area contributed by atoms with Crippen LogP contribution in [0.3, 0.4) is 0 Å². The van der Waals surface area contributed by atoms with Crippen LogP contribution in [-0.4, -0.2) is 29.2 Å². The van der Waals surface area contributed by atoms with E-state index in [-0.39, 0.29) is 33.5 Å². The molecule has 144 valence electrons. The van der Waals surface area contributed by atoms with Gasteiger partial charge in [-0.25, -0.2) is 4.79 Å². The number of carboxylic acids is 1. The van der Waals surface area contributed by atoms with E-state index >= 15 is 0 Å². The molecule has 0 atom stereocenters. The molecule has 0 amide bonds. The molecule has 0 spiro atoms. The maximum absolute atomic E-state index is 11.8. The summed E-state index contributed by atoms with van der Waals surface area (Å²) in [4.78, 5) is 11.0. The standard InChI is InChI=1S/C19H16N2O6S/c1-10-6-7-14(13(8-10)19(23)24)20-21-15-9-16(28(25,26)27)12-5-3-4-11(2)17(12)18(15)22/h3-9,22H,1-2H3,(H,23,24)(H,25,26,27). The average molecular weight is 400 g/mol. The van der Waals surface area contributed by atoms with Crippen molar-refractivity contribution in [2.24, 2.45) is 10.2 Å². The Bertz CT molecular complexity index is 1250. The zero-order valence-electron chi connectivity index (χ0n) is 14.9. The number of carboxylic acid groups (broad SMARTS) is 1. The molecule has 0 aromatic heterocycles. The molecule has 3 aromatic carbocycles. The smallest absolute Gasteiger partial charge is 0.337 e. The maximum Gasteiger partial charge on any atom is 0.337 e. The number of nitrogens with zero attached hydrogens (tertiary/aromatic N) is 2.